The largest absolute Gasteiger partial charge is 0.480 e. The maximum Gasteiger partial charge on any atom is 0.330 e. The minimum Gasteiger partial charge on any atom is -0.480 e. The molecule has 1 aromatic carbocycles. The zero-order valence-corrected chi connectivity index (χ0v) is 8.66. The fraction of sp³-hybridized carbons (Fsp3) is 0.273. The molecule has 1 aliphatic rings. The Balaban J connectivity index is 2.29. The van der Waals surface area contributed by atoms with Gasteiger partial charge >= 0.3 is 5.97 Å². The third-order valence-electron chi connectivity index (χ3n) is 2.59. The molecule has 5 nitrogen and oxygen atoms in total. The quantitative estimate of drug-likeness (QED) is 0.755. The van der Waals surface area contributed by atoms with Crippen molar-refractivity contribution < 1.29 is 19.4 Å². The fourth-order valence-electron chi connectivity index (χ4n) is 1.81. The molecule has 1 heterocycles. The van der Waals surface area contributed by atoms with Crippen molar-refractivity contribution in [2.75, 3.05) is 12.0 Å². The molecule has 0 unspecified atom stereocenters. The average molecular weight is 221 g/mol. The number of β-lactam (4-membered cyclic amide) rings is 1. The number of rotatable bonds is 3. The van der Waals surface area contributed by atoms with E-state index in [1.165, 1.54) is 12.0 Å². The molecule has 5 heteroatoms. The molecule has 2 atom stereocenters. The third-order valence-corrected chi connectivity index (χ3v) is 2.59. The molecule has 1 aliphatic heterocycles. The number of carbonyl (C=O) groups is 2. The highest BCUT2D eigenvalue weighted by Crippen LogP contribution is 2.29. The van der Waals surface area contributed by atoms with Crippen LogP contribution in [-0.4, -0.2) is 36.2 Å². The van der Waals surface area contributed by atoms with Gasteiger partial charge in [0.1, 0.15) is 0 Å². The normalized spacial score (nSPS) is 24.1. The van der Waals surface area contributed by atoms with Crippen LogP contribution in [0.15, 0.2) is 30.3 Å². The molecule has 84 valence electrons. The van der Waals surface area contributed by atoms with Crippen molar-refractivity contribution in [2.45, 2.75) is 12.1 Å². The van der Waals surface area contributed by atoms with Crippen LogP contribution < -0.4 is 4.90 Å². The molecule has 2 rings (SSSR count). The molecule has 1 fully saturated rings. The van der Waals surface area contributed by atoms with Crippen molar-refractivity contribution in [3.63, 3.8) is 0 Å². The van der Waals surface area contributed by atoms with Crippen LogP contribution in [0.4, 0.5) is 5.69 Å². The second kappa shape index (κ2) is 3.94. The molecule has 1 aromatic rings. The van der Waals surface area contributed by atoms with Crippen molar-refractivity contribution in [3.8, 4) is 0 Å². The fourth-order valence-corrected chi connectivity index (χ4v) is 1.81. The number of nitrogens with zero attached hydrogens (tertiary/aromatic N) is 1. The summed E-state index contributed by atoms with van der Waals surface area (Å²) in [6.45, 7) is 0. The number of carbonyl (C=O) groups excluding carboxylic acids is 1. The van der Waals surface area contributed by atoms with Crippen molar-refractivity contribution in [1.29, 1.82) is 0 Å². The molecule has 1 saturated heterocycles. The van der Waals surface area contributed by atoms with Crippen molar-refractivity contribution >= 4 is 17.6 Å². The van der Waals surface area contributed by atoms with Gasteiger partial charge in [-0.05, 0) is 12.1 Å². The minimum atomic E-state index is -1.06. The predicted molar refractivity (Wildman–Crippen MR) is 56.1 cm³/mol. The number of carboxylic acid groups (broad SMARTS) is 1. The van der Waals surface area contributed by atoms with E-state index in [0.29, 0.717) is 5.69 Å². The minimum absolute atomic E-state index is 0.318. The van der Waals surface area contributed by atoms with Gasteiger partial charge in [-0.15, -0.1) is 0 Å². The summed E-state index contributed by atoms with van der Waals surface area (Å²) in [4.78, 5) is 23.9. The topological polar surface area (TPSA) is 66.8 Å². The van der Waals surface area contributed by atoms with E-state index in [1.54, 1.807) is 30.3 Å². The summed E-state index contributed by atoms with van der Waals surface area (Å²) in [5, 5.41) is 9.01. The van der Waals surface area contributed by atoms with E-state index in [9.17, 15) is 9.59 Å². The Morgan fingerprint density at radius 2 is 2.00 bits per heavy atom. The highest BCUT2D eigenvalue weighted by atomic mass is 16.5. The Morgan fingerprint density at radius 1 is 1.38 bits per heavy atom. The van der Waals surface area contributed by atoms with Crippen LogP contribution in [0.3, 0.4) is 0 Å². The first-order chi connectivity index (χ1) is 7.66. The number of amides is 1. The summed E-state index contributed by atoms with van der Waals surface area (Å²) in [5.74, 6) is -1.38. The van der Waals surface area contributed by atoms with Crippen LogP contribution in [0.5, 0.6) is 0 Å². The highest BCUT2D eigenvalue weighted by molar-refractivity contribution is 6.12. The first-order valence-corrected chi connectivity index (χ1v) is 4.80. The Labute approximate surface area is 92.2 Å². The van der Waals surface area contributed by atoms with E-state index in [-0.39, 0.29) is 5.91 Å². The number of methoxy groups -OCH3 is 1. The molecule has 0 spiro atoms. The molecule has 0 aromatic heterocycles. The predicted octanol–water partition coefficient (Wildman–Crippen LogP) is 0.501. The lowest BCUT2D eigenvalue weighted by molar-refractivity contribution is -0.155. The van der Waals surface area contributed by atoms with Gasteiger partial charge in [-0.1, -0.05) is 18.2 Å². The van der Waals surface area contributed by atoms with Crippen molar-refractivity contribution in [1.82, 2.24) is 0 Å². The van der Waals surface area contributed by atoms with Gasteiger partial charge in [-0.2, -0.15) is 0 Å². The monoisotopic (exact) mass is 221 g/mol. The number of carboxylic acids is 1. The molecule has 0 bridgehead atoms. The lowest BCUT2D eigenvalue weighted by Crippen LogP contribution is -2.69. The standard InChI is InChI=1S/C11H11NO4/c1-16-9-8(11(14)15)12(10(9)13)7-5-3-2-4-6-7/h2-6,8-9H,1H3,(H,14,15)/t8-,9+/m1/s1. The molecule has 0 radical (unpaired) electrons. The van der Waals surface area contributed by atoms with Gasteiger partial charge < -0.3 is 9.84 Å². The lowest BCUT2D eigenvalue weighted by Gasteiger charge is -2.43. The SMILES string of the molecule is CO[C@@H]1C(=O)N(c2ccccc2)[C@H]1C(=O)O. The van der Waals surface area contributed by atoms with E-state index in [2.05, 4.69) is 0 Å². The van der Waals surface area contributed by atoms with E-state index in [1.807, 2.05) is 0 Å². The Morgan fingerprint density at radius 3 is 2.50 bits per heavy atom. The van der Waals surface area contributed by atoms with Gasteiger partial charge in [0.15, 0.2) is 12.1 Å². The number of anilines is 1. The highest BCUT2D eigenvalue weighted by Gasteiger charge is 2.53. The Bertz CT molecular complexity index is 417. The van der Waals surface area contributed by atoms with Crippen LogP contribution >= 0.6 is 0 Å². The maximum absolute atomic E-state index is 11.6. The molecule has 1 N–H and O–H groups in total. The van der Waals surface area contributed by atoms with E-state index < -0.39 is 18.1 Å². The summed E-state index contributed by atoms with van der Waals surface area (Å²) in [5.41, 5.74) is 0.577. The van der Waals surface area contributed by atoms with Crippen LogP contribution in [0.25, 0.3) is 0 Å². The van der Waals surface area contributed by atoms with Crippen LogP contribution in [0, 0.1) is 0 Å². The Kier molecular flexibility index (Phi) is 2.62. The second-order valence-corrected chi connectivity index (χ2v) is 3.48. The van der Waals surface area contributed by atoms with Gasteiger partial charge in [0.05, 0.1) is 0 Å². The van der Waals surface area contributed by atoms with Crippen LogP contribution in [0.2, 0.25) is 0 Å². The van der Waals surface area contributed by atoms with Gasteiger partial charge in [0.25, 0.3) is 5.91 Å². The maximum atomic E-state index is 11.6. The third kappa shape index (κ3) is 1.45. The summed E-state index contributed by atoms with van der Waals surface area (Å²) >= 11 is 0. The Hall–Kier alpha value is -1.88. The van der Waals surface area contributed by atoms with Gasteiger partial charge in [0, 0.05) is 12.8 Å². The van der Waals surface area contributed by atoms with Crippen molar-refractivity contribution in [3.05, 3.63) is 30.3 Å². The number of hydrogen-bond acceptors (Lipinski definition) is 3. The van der Waals surface area contributed by atoms with Crippen molar-refractivity contribution in [2.24, 2.45) is 0 Å². The zero-order valence-electron chi connectivity index (χ0n) is 8.66. The number of para-hydroxylation sites is 1. The first kappa shape index (κ1) is 10.6. The molecule has 1 amide bonds. The van der Waals surface area contributed by atoms with E-state index >= 15 is 0 Å². The smallest absolute Gasteiger partial charge is 0.330 e. The summed E-state index contributed by atoms with van der Waals surface area (Å²) < 4.78 is 4.85. The molecule has 0 aliphatic carbocycles. The number of hydrogen-bond donors (Lipinski definition) is 1. The van der Waals surface area contributed by atoms with Crippen LogP contribution in [-0.2, 0) is 14.3 Å². The van der Waals surface area contributed by atoms with E-state index in [0.717, 1.165) is 0 Å². The number of benzene rings is 1. The van der Waals surface area contributed by atoms with Crippen LogP contribution in [0.1, 0.15) is 0 Å². The molecular formula is C11H11NO4. The number of aliphatic carboxylic acids is 1. The summed E-state index contributed by atoms with van der Waals surface area (Å²) in [6, 6.07) is 7.76. The average Bonchev–Trinajstić information content (AvgIpc) is 2.27. The lowest BCUT2D eigenvalue weighted by atomic mass is 9.97. The second-order valence-electron chi connectivity index (χ2n) is 3.48. The molecular weight excluding hydrogens is 210 g/mol. The summed E-state index contributed by atoms with van der Waals surface area (Å²) in [7, 11) is 1.33. The van der Waals surface area contributed by atoms with E-state index in [4.69, 9.17) is 9.84 Å². The van der Waals surface area contributed by atoms with Gasteiger partial charge in [-0.3, -0.25) is 9.69 Å². The molecule has 16 heavy (non-hydrogen) atoms. The van der Waals surface area contributed by atoms with Gasteiger partial charge in [0.2, 0.25) is 0 Å². The first-order valence-electron chi connectivity index (χ1n) is 4.80. The molecule has 0 saturated carbocycles. The zero-order chi connectivity index (χ0) is 11.7. The number of ether oxygens (including phenoxy) is 1. The van der Waals surface area contributed by atoms with Gasteiger partial charge in [-0.25, -0.2) is 4.79 Å². The summed E-state index contributed by atoms with van der Waals surface area (Å²) in [6.07, 6.45) is -0.877.